The molecule has 4 aliphatic rings. The number of nitrogens with one attached hydrogen (secondary N) is 1. The number of aryl methyl sites for hydroxylation is 1. The Morgan fingerprint density at radius 2 is 1.94 bits per heavy atom. The van der Waals surface area contributed by atoms with Gasteiger partial charge in [-0.05, 0) is 50.5 Å². The molecule has 2 amide bonds. The normalized spacial score (nSPS) is 19.8. The summed E-state index contributed by atoms with van der Waals surface area (Å²) in [4.78, 5) is 37.3. The Kier molecular flexibility index (Phi) is 8.08. The summed E-state index contributed by atoms with van der Waals surface area (Å²) in [6, 6.07) is 9.04. The van der Waals surface area contributed by atoms with Gasteiger partial charge in [-0.3, -0.25) is 14.5 Å². The number of fused-ring (bicyclic) bond motifs is 3. The predicted octanol–water partition coefficient (Wildman–Crippen LogP) is 2.99. The second kappa shape index (κ2) is 12.6. The number of primary amides is 1. The molecule has 0 saturated carbocycles. The first-order chi connectivity index (χ1) is 23.8. The van der Waals surface area contributed by atoms with Gasteiger partial charge in [0.25, 0.3) is 11.8 Å². The number of aliphatic hydroxyl groups is 1. The maximum Gasteiger partial charge on any atom is 0.260 e. The Balaban J connectivity index is 1.05. The number of amides is 2. The molecule has 13 nitrogen and oxygen atoms in total. The first-order valence-corrected chi connectivity index (χ1v) is 17.0. The molecule has 256 valence electrons. The number of aromatic nitrogens is 4. The molecule has 0 spiro atoms. The van der Waals surface area contributed by atoms with Gasteiger partial charge in [0.1, 0.15) is 17.2 Å². The third-order valence-corrected chi connectivity index (χ3v) is 10.4. The highest BCUT2D eigenvalue weighted by Gasteiger charge is 2.34. The SMILES string of the molecule is CC1CN(C2COC2)CCN1c1ccc(Nc2nn(-c3cc(F)cc(N4CCc5c(cc6n5CCCC6)C4=O)c3CO)cc2C(N)=O)nc1. The number of anilines is 4. The van der Waals surface area contributed by atoms with Gasteiger partial charge in [0.05, 0.1) is 54.7 Å². The fourth-order valence-corrected chi connectivity index (χ4v) is 7.73. The number of ether oxygens (including phenoxy) is 1. The predicted molar refractivity (Wildman–Crippen MR) is 181 cm³/mol. The van der Waals surface area contributed by atoms with Gasteiger partial charge < -0.3 is 35.3 Å². The zero-order valence-electron chi connectivity index (χ0n) is 27.4. The molecule has 4 aliphatic heterocycles. The molecule has 7 heterocycles. The number of halogens is 1. The number of aliphatic hydroxyl groups excluding tert-OH is 1. The van der Waals surface area contributed by atoms with Crippen molar-refractivity contribution in [2.45, 2.75) is 57.8 Å². The Bertz CT molecular complexity index is 1920. The summed E-state index contributed by atoms with van der Waals surface area (Å²) >= 11 is 0. The molecule has 0 aliphatic carbocycles. The second-order valence-corrected chi connectivity index (χ2v) is 13.3. The molecular formula is C35H40FN9O4. The fourth-order valence-electron chi connectivity index (χ4n) is 7.73. The molecule has 0 radical (unpaired) electrons. The third kappa shape index (κ3) is 5.63. The van der Waals surface area contributed by atoms with E-state index >= 15 is 4.39 Å². The van der Waals surface area contributed by atoms with Gasteiger partial charge in [-0.1, -0.05) is 0 Å². The van der Waals surface area contributed by atoms with E-state index in [0.29, 0.717) is 42.0 Å². The maximum atomic E-state index is 15.3. The van der Waals surface area contributed by atoms with Crippen molar-refractivity contribution < 1.29 is 23.8 Å². The van der Waals surface area contributed by atoms with E-state index in [2.05, 4.69) is 36.7 Å². The Hall–Kier alpha value is -4.79. The highest BCUT2D eigenvalue weighted by atomic mass is 19.1. The van der Waals surface area contributed by atoms with Crippen molar-refractivity contribution in [2.75, 3.05) is 54.5 Å². The lowest BCUT2D eigenvalue weighted by Gasteiger charge is -2.46. The molecule has 1 atom stereocenters. The van der Waals surface area contributed by atoms with Gasteiger partial charge in [-0.25, -0.2) is 14.1 Å². The number of nitrogens with two attached hydrogens (primary N) is 1. The van der Waals surface area contributed by atoms with Crippen LogP contribution in [0.25, 0.3) is 5.69 Å². The summed E-state index contributed by atoms with van der Waals surface area (Å²) < 4.78 is 24.2. The van der Waals surface area contributed by atoms with E-state index in [1.165, 1.54) is 27.9 Å². The number of benzene rings is 1. The molecule has 2 fully saturated rings. The molecule has 14 heteroatoms. The number of rotatable bonds is 8. The van der Waals surface area contributed by atoms with Crippen molar-refractivity contribution in [3.05, 3.63) is 76.6 Å². The van der Waals surface area contributed by atoms with E-state index in [-0.39, 0.29) is 28.7 Å². The number of nitrogens with zero attached hydrogens (tertiary/aromatic N) is 7. The highest BCUT2D eigenvalue weighted by Crippen LogP contribution is 2.35. The Labute approximate surface area is 283 Å². The van der Waals surface area contributed by atoms with E-state index < -0.39 is 18.3 Å². The molecule has 2 saturated heterocycles. The number of carbonyl (C=O) groups excluding carboxylic acids is 2. The minimum Gasteiger partial charge on any atom is -0.392 e. The van der Waals surface area contributed by atoms with Gasteiger partial charge in [0, 0.05) is 74.4 Å². The van der Waals surface area contributed by atoms with Crippen molar-refractivity contribution in [1.29, 1.82) is 0 Å². The number of carbonyl (C=O) groups is 2. The molecule has 1 aromatic carbocycles. The van der Waals surface area contributed by atoms with Crippen LogP contribution in [0.4, 0.5) is 27.4 Å². The van der Waals surface area contributed by atoms with E-state index in [0.717, 1.165) is 75.7 Å². The van der Waals surface area contributed by atoms with Gasteiger partial charge in [-0.15, -0.1) is 5.10 Å². The van der Waals surface area contributed by atoms with Crippen molar-refractivity contribution in [3.8, 4) is 5.69 Å². The molecule has 8 rings (SSSR count). The van der Waals surface area contributed by atoms with Crippen LogP contribution in [0.2, 0.25) is 0 Å². The van der Waals surface area contributed by atoms with Crippen molar-refractivity contribution in [3.63, 3.8) is 0 Å². The highest BCUT2D eigenvalue weighted by molar-refractivity contribution is 6.09. The first kappa shape index (κ1) is 31.5. The average Bonchev–Trinajstić information content (AvgIpc) is 3.67. The number of hydrogen-bond acceptors (Lipinski definition) is 9. The van der Waals surface area contributed by atoms with E-state index in [4.69, 9.17) is 10.5 Å². The van der Waals surface area contributed by atoms with Crippen molar-refractivity contribution in [1.82, 2.24) is 24.2 Å². The van der Waals surface area contributed by atoms with Crippen LogP contribution in [-0.4, -0.2) is 92.6 Å². The van der Waals surface area contributed by atoms with Gasteiger partial charge in [0.15, 0.2) is 5.82 Å². The summed E-state index contributed by atoms with van der Waals surface area (Å²) in [7, 11) is 0. The van der Waals surface area contributed by atoms with Crippen LogP contribution in [-0.2, 0) is 30.7 Å². The monoisotopic (exact) mass is 669 g/mol. The zero-order chi connectivity index (χ0) is 33.8. The van der Waals surface area contributed by atoms with Crippen LogP contribution in [0.15, 0.2) is 42.7 Å². The zero-order valence-corrected chi connectivity index (χ0v) is 27.4. The van der Waals surface area contributed by atoms with Crippen LogP contribution in [0.5, 0.6) is 0 Å². The maximum absolute atomic E-state index is 15.3. The number of hydrogen-bond donors (Lipinski definition) is 3. The van der Waals surface area contributed by atoms with Crippen LogP contribution >= 0.6 is 0 Å². The lowest BCUT2D eigenvalue weighted by atomic mass is 10.0. The minimum absolute atomic E-state index is 0.0587. The lowest BCUT2D eigenvalue weighted by Crippen LogP contribution is -2.59. The molecule has 3 aromatic heterocycles. The lowest BCUT2D eigenvalue weighted by molar-refractivity contribution is -0.0691. The van der Waals surface area contributed by atoms with E-state index in [9.17, 15) is 14.7 Å². The molecular weight excluding hydrogens is 629 g/mol. The minimum atomic E-state index is -0.743. The van der Waals surface area contributed by atoms with Crippen molar-refractivity contribution in [2.24, 2.45) is 5.73 Å². The summed E-state index contributed by atoms with van der Waals surface area (Å²) in [5.41, 5.74) is 10.3. The third-order valence-electron chi connectivity index (χ3n) is 10.4. The van der Waals surface area contributed by atoms with Gasteiger partial charge in [0.2, 0.25) is 0 Å². The standard InChI is InChI=1S/C35H40FN9O4/c1-21-16-41(25-19-49-20-25)10-11-42(21)24-5-6-32(38-15-24)39-34-27(33(37)47)17-45(40-34)31-13-22(36)12-30(28(31)18-46)44-9-7-29-26(35(44)48)14-23-4-2-3-8-43(23)29/h5-6,12-15,17,21,25,46H,2-4,7-11,16,18-20H2,1H3,(H2,37,47)(H,38,39,40). The average molecular weight is 670 g/mol. The molecule has 0 bridgehead atoms. The largest absolute Gasteiger partial charge is 0.392 e. The molecule has 49 heavy (non-hydrogen) atoms. The van der Waals surface area contributed by atoms with Crippen LogP contribution in [0, 0.1) is 5.82 Å². The number of pyridine rings is 1. The number of piperazine rings is 1. The van der Waals surface area contributed by atoms with E-state index in [1.807, 2.05) is 18.2 Å². The Morgan fingerprint density at radius 3 is 2.65 bits per heavy atom. The van der Waals surface area contributed by atoms with Crippen LogP contribution < -0.4 is 20.9 Å². The molecule has 4 aromatic rings. The van der Waals surface area contributed by atoms with E-state index in [1.54, 1.807) is 6.20 Å². The fraction of sp³-hybridized carbons (Fsp3) is 0.429. The topological polar surface area (TPSA) is 147 Å². The summed E-state index contributed by atoms with van der Waals surface area (Å²) in [5.74, 6) is -1.01. The summed E-state index contributed by atoms with van der Waals surface area (Å²) in [5, 5.41) is 18.2. The second-order valence-electron chi connectivity index (χ2n) is 13.3. The molecule has 4 N–H and O–H groups in total. The summed E-state index contributed by atoms with van der Waals surface area (Å²) in [6.07, 6.45) is 6.90. The Morgan fingerprint density at radius 1 is 1.10 bits per heavy atom. The first-order valence-electron chi connectivity index (χ1n) is 17.0. The summed E-state index contributed by atoms with van der Waals surface area (Å²) in [6.45, 7) is 7.33. The van der Waals surface area contributed by atoms with Crippen LogP contribution in [0.3, 0.4) is 0 Å². The van der Waals surface area contributed by atoms with Gasteiger partial charge >= 0.3 is 0 Å². The smallest absolute Gasteiger partial charge is 0.260 e. The van der Waals surface area contributed by atoms with Crippen LogP contribution in [0.1, 0.15) is 57.4 Å². The molecule has 1 unspecified atom stereocenters. The quantitative estimate of drug-likeness (QED) is 0.258. The van der Waals surface area contributed by atoms with Gasteiger partial charge in [-0.2, -0.15) is 0 Å². The van der Waals surface area contributed by atoms with Crippen molar-refractivity contribution >= 4 is 34.8 Å².